The molecule has 0 radical (unpaired) electrons. The molecule has 4 rings (SSSR count). The van der Waals surface area contributed by atoms with Crippen LogP contribution in [0, 0.1) is 17.8 Å². The van der Waals surface area contributed by atoms with Crippen molar-refractivity contribution in [3.63, 3.8) is 0 Å². The Bertz CT molecular complexity index is 877. The minimum Gasteiger partial charge on any atom is -0.393 e. The largest absolute Gasteiger partial charge is 0.393 e. The van der Waals surface area contributed by atoms with Gasteiger partial charge < -0.3 is 10.0 Å². The van der Waals surface area contributed by atoms with Crippen LogP contribution in [0.2, 0.25) is 0 Å². The maximum atomic E-state index is 13.3. The predicted octanol–water partition coefficient (Wildman–Crippen LogP) is 3.51. The Hall–Kier alpha value is -1.44. The highest BCUT2D eigenvalue weighted by molar-refractivity contribution is 7.89. The van der Waals surface area contributed by atoms with Crippen LogP contribution in [0.25, 0.3) is 0 Å². The molecule has 1 amide bonds. The molecule has 31 heavy (non-hydrogen) atoms. The van der Waals surface area contributed by atoms with Crippen LogP contribution in [0.15, 0.2) is 29.2 Å². The van der Waals surface area contributed by atoms with Crippen LogP contribution in [-0.4, -0.2) is 60.4 Å². The Labute approximate surface area is 186 Å². The quantitative estimate of drug-likeness (QED) is 0.765. The summed E-state index contributed by atoms with van der Waals surface area (Å²) in [6.07, 6.45) is 6.13. The molecule has 2 heterocycles. The second-order valence-corrected chi connectivity index (χ2v) is 11.9. The highest BCUT2D eigenvalue weighted by Gasteiger charge is 2.40. The van der Waals surface area contributed by atoms with Crippen molar-refractivity contribution in [1.82, 2.24) is 9.21 Å². The average Bonchev–Trinajstić information content (AvgIpc) is 3.25. The van der Waals surface area contributed by atoms with Crippen molar-refractivity contribution < 1.29 is 18.3 Å². The maximum Gasteiger partial charge on any atom is 0.254 e. The van der Waals surface area contributed by atoms with Crippen molar-refractivity contribution in [3.05, 3.63) is 29.8 Å². The minimum absolute atomic E-state index is 0.0522. The first-order valence-electron chi connectivity index (χ1n) is 11.9. The van der Waals surface area contributed by atoms with Crippen molar-refractivity contribution in [2.75, 3.05) is 19.6 Å². The van der Waals surface area contributed by atoms with Crippen molar-refractivity contribution >= 4 is 15.9 Å². The summed E-state index contributed by atoms with van der Waals surface area (Å²) in [7, 11) is -3.51. The lowest BCUT2D eigenvalue weighted by Crippen LogP contribution is -2.46. The van der Waals surface area contributed by atoms with Gasteiger partial charge in [-0.3, -0.25) is 4.79 Å². The van der Waals surface area contributed by atoms with E-state index in [0.717, 1.165) is 44.9 Å². The minimum atomic E-state index is -3.51. The summed E-state index contributed by atoms with van der Waals surface area (Å²) in [5.74, 6) is 1.22. The van der Waals surface area contributed by atoms with Gasteiger partial charge in [-0.1, -0.05) is 13.8 Å². The number of aliphatic hydroxyl groups excluding tert-OH is 1. The number of carbonyl (C=O) groups is 1. The van der Waals surface area contributed by atoms with E-state index in [1.165, 1.54) is 0 Å². The number of likely N-dealkylation sites (tertiary alicyclic amines) is 1. The van der Waals surface area contributed by atoms with Crippen LogP contribution in [0.5, 0.6) is 0 Å². The molecule has 172 valence electrons. The number of aliphatic hydroxyl groups is 1. The Morgan fingerprint density at radius 3 is 2.29 bits per heavy atom. The molecule has 4 unspecified atom stereocenters. The zero-order chi connectivity index (χ0) is 22.2. The number of nitrogens with zero attached hydrogens (tertiary/aromatic N) is 2. The summed E-state index contributed by atoms with van der Waals surface area (Å²) in [4.78, 5) is 15.4. The topological polar surface area (TPSA) is 77.9 Å². The van der Waals surface area contributed by atoms with Gasteiger partial charge in [-0.15, -0.1) is 0 Å². The molecule has 4 atom stereocenters. The molecule has 2 aliphatic heterocycles. The molecule has 1 saturated carbocycles. The van der Waals surface area contributed by atoms with Crippen LogP contribution >= 0.6 is 0 Å². The lowest BCUT2D eigenvalue weighted by atomic mass is 9.76. The van der Waals surface area contributed by atoms with Crippen LogP contribution in [0.4, 0.5) is 0 Å². The molecule has 1 aromatic rings. The molecule has 0 bridgehead atoms. The Morgan fingerprint density at radius 2 is 1.61 bits per heavy atom. The van der Waals surface area contributed by atoms with E-state index in [1.807, 2.05) is 4.90 Å². The zero-order valence-electron chi connectivity index (χ0n) is 18.7. The number of carbonyl (C=O) groups excluding carboxylic acids is 1. The van der Waals surface area contributed by atoms with Gasteiger partial charge in [0.05, 0.1) is 11.0 Å². The molecule has 0 spiro atoms. The summed E-state index contributed by atoms with van der Waals surface area (Å²) in [6, 6.07) is 6.52. The first kappa shape index (κ1) is 22.7. The molecule has 3 fully saturated rings. The standard InChI is InChI=1S/C24H36N2O4S/c1-17-11-14-25(15-12-17)31(29,30)20-8-6-19(7-9-20)24(28)26-13-3-4-22(26)21-16-18(2)5-10-23(21)27/h6-9,17-18,21-23,27H,3-5,10-16H2,1-2H3. The first-order valence-corrected chi connectivity index (χ1v) is 13.3. The Kier molecular flexibility index (Phi) is 6.75. The second-order valence-electron chi connectivity index (χ2n) is 9.97. The Morgan fingerprint density at radius 1 is 0.935 bits per heavy atom. The van der Waals surface area contributed by atoms with Crippen molar-refractivity contribution in [2.24, 2.45) is 17.8 Å². The summed E-state index contributed by atoms with van der Waals surface area (Å²) >= 11 is 0. The van der Waals surface area contributed by atoms with Gasteiger partial charge in [-0.2, -0.15) is 4.31 Å². The molecule has 2 saturated heterocycles. The fourth-order valence-corrected chi connectivity index (χ4v) is 7.09. The molecule has 6 nitrogen and oxygen atoms in total. The van der Waals surface area contributed by atoms with E-state index < -0.39 is 10.0 Å². The van der Waals surface area contributed by atoms with E-state index in [9.17, 15) is 18.3 Å². The fourth-order valence-electron chi connectivity index (χ4n) is 5.62. The van der Waals surface area contributed by atoms with Gasteiger partial charge in [0.1, 0.15) is 0 Å². The van der Waals surface area contributed by atoms with E-state index in [0.29, 0.717) is 37.0 Å². The van der Waals surface area contributed by atoms with Gasteiger partial charge >= 0.3 is 0 Å². The summed E-state index contributed by atoms with van der Waals surface area (Å²) in [5, 5.41) is 10.6. The SMILES string of the molecule is CC1CCN(S(=O)(=O)c2ccc(C(=O)N3CCCC3C3CC(C)CCC3O)cc2)CC1. The van der Waals surface area contributed by atoms with Gasteiger partial charge in [0, 0.05) is 37.2 Å². The van der Waals surface area contributed by atoms with E-state index >= 15 is 0 Å². The van der Waals surface area contributed by atoms with Gasteiger partial charge in [0.15, 0.2) is 0 Å². The first-order chi connectivity index (χ1) is 14.8. The van der Waals surface area contributed by atoms with Crippen LogP contribution in [-0.2, 0) is 10.0 Å². The number of hydrogen-bond acceptors (Lipinski definition) is 4. The summed E-state index contributed by atoms with van der Waals surface area (Å²) in [6.45, 7) is 6.20. The van der Waals surface area contributed by atoms with Gasteiger partial charge in [0.2, 0.25) is 10.0 Å². The lowest BCUT2D eigenvalue weighted by Gasteiger charge is -2.39. The maximum absolute atomic E-state index is 13.3. The van der Waals surface area contributed by atoms with E-state index in [4.69, 9.17) is 0 Å². The molecular formula is C24H36N2O4S. The Balaban J connectivity index is 1.48. The van der Waals surface area contributed by atoms with Crippen LogP contribution in [0.3, 0.4) is 0 Å². The molecular weight excluding hydrogens is 412 g/mol. The zero-order valence-corrected chi connectivity index (χ0v) is 19.6. The number of hydrogen-bond donors (Lipinski definition) is 1. The smallest absolute Gasteiger partial charge is 0.254 e. The fraction of sp³-hybridized carbons (Fsp3) is 0.708. The number of benzene rings is 1. The van der Waals surface area contributed by atoms with Crippen molar-refractivity contribution in [3.8, 4) is 0 Å². The van der Waals surface area contributed by atoms with Gasteiger partial charge in [-0.05, 0) is 81.0 Å². The average molecular weight is 449 g/mol. The normalized spacial score (nSPS) is 31.1. The van der Waals surface area contributed by atoms with E-state index in [1.54, 1.807) is 28.6 Å². The van der Waals surface area contributed by atoms with Crippen molar-refractivity contribution in [1.29, 1.82) is 0 Å². The van der Waals surface area contributed by atoms with E-state index in [-0.39, 0.29) is 28.9 Å². The van der Waals surface area contributed by atoms with Gasteiger partial charge in [-0.25, -0.2) is 8.42 Å². The second kappa shape index (κ2) is 9.20. The number of rotatable bonds is 4. The third-order valence-electron chi connectivity index (χ3n) is 7.66. The van der Waals surface area contributed by atoms with Gasteiger partial charge in [0.25, 0.3) is 5.91 Å². The summed E-state index contributed by atoms with van der Waals surface area (Å²) in [5.41, 5.74) is 0.525. The highest BCUT2D eigenvalue weighted by atomic mass is 32.2. The molecule has 1 aliphatic carbocycles. The molecule has 7 heteroatoms. The van der Waals surface area contributed by atoms with Crippen LogP contribution in [0.1, 0.15) is 69.2 Å². The third kappa shape index (κ3) is 4.69. The number of sulfonamides is 1. The van der Waals surface area contributed by atoms with E-state index in [2.05, 4.69) is 13.8 Å². The molecule has 1 N–H and O–H groups in total. The molecule has 3 aliphatic rings. The van der Waals surface area contributed by atoms with Crippen molar-refractivity contribution in [2.45, 2.75) is 75.8 Å². The third-order valence-corrected chi connectivity index (χ3v) is 9.57. The monoisotopic (exact) mass is 448 g/mol. The lowest BCUT2D eigenvalue weighted by molar-refractivity contribution is 0.00859. The molecule has 1 aromatic carbocycles. The number of piperidine rings is 1. The molecule has 0 aromatic heterocycles. The van der Waals surface area contributed by atoms with Crippen LogP contribution < -0.4 is 0 Å². The highest BCUT2D eigenvalue weighted by Crippen LogP contribution is 2.37. The summed E-state index contributed by atoms with van der Waals surface area (Å²) < 4.78 is 27.5. The predicted molar refractivity (Wildman–Crippen MR) is 120 cm³/mol. The number of amides is 1.